The molecule has 0 aliphatic carbocycles. The minimum Gasteiger partial charge on any atom is -0.378 e. The zero-order valence-corrected chi connectivity index (χ0v) is 14.8. The van der Waals surface area contributed by atoms with Crippen molar-refractivity contribution in [2.45, 2.75) is 6.54 Å². The van der Waals surface area contributed by atoms with Crippen molar-refractivity contribution in [3.8, 4) is 0 Å². The van der Waals surface area contributed by atoms with Crippen LogP contribution in [0.1, 0.15) is 16.1 Å². The molecule has 0 aliphatic heterocycles. The lowest BCUT2D eigenvalue weighted by molar-refractivity contribution is 0.0983. The summed E-state index contributed by atoms with van der Waals surface area (Å²) >= 11 is 0. The fourth-order valence-electron chi connectivity index (χ4n) is 2.68. The summed E-state index contributed by atoms with van der Waals surface area (Å²) < 4.78 is 40.4. The summed E-state index contributed by atoms with van der Waals surface area (Å²) in [6.07, 6.45) is 1.71. The van der Waals surface area contributed by atoms with Crippen LogP contribution in [-0.2, 0) is 6.54 Å². The number of H-pyrrole nitrogens is 1. The second kappa shape index (κ2) is 7.57. The molecule has 0 saturated carbocycles. The first kappa shape index (κ1) is 18.6. The molecule has 1 N–H and O–H groups in total. The van der Waals surface area contributed by atoms with E-state index in [0.29, 0.717) is 17.8 Å². The smallest absolute Gasteiger partial charge is 0.258 e. The molecule has 3 rings (SSSR count). The van der Waals surface area contributed by atoms with E-state index < -0.39 is 23.4 Å². The van der Waals surface area contributed by atoms with Crippen molar-refractivity contribution in [3.05, 3.63) is 83.4 Å². The third kappa shape index (κ3) is 3.97. The number of rotatable bonds is 5. The molecule has 27 heavy (non-hydrogen) atoms. The van der Waals surface area contributed by atoms with Crippen LogP contribution in [0.25, 0.3) is 0 Å². The molecule has 0 spiro atoms. The van der Waals surface area contributed by atoms with Crippen LogP contribution in [0.15, 0.2) is 54.7 Å². The Balaban J connectivity index is 2.00. The molecule has 3 aromatic rings. The third-order valence-electron chi connectivity index (χ3n) is 4.14. The van der Waals surface area contributed by atoms with Gasteiger partial charge in [0.15, 0.2) is 17.5 Å². The zero-order chi connectivity index (χ0) is 19.6. The maximum absolute atomic E-state index is 13.6. The highest BCUT2D eigenvalue weighted by molar-refractivity contribution is 6.06. The lowest BCUT2D eigenvalue weighted by atomic mass is 10.1. The quantitative estimate of drug-likeness (QED) is 0.676. The van der Waals surface area contributed by atoms with Crippen molar-refractivity contribution < 1.29 is 18.0 Å². The normalized spacial score (nSPS) is 10.7. The molecule has 0 saturated heterocycles. The molecule has 0 bridgehead atoms. The first-order valence-electron chi connectivity index (χ1n) is 8.23. The second-order valence-corrected chi connectivity index (χ2v) is 6.25. The minimum absolute atomic E-state index is 0.160. The second-order valence-electron chi connectivity index (χ2n) is 6.25. The summed E-state index contributed by atoms with van der Waals surface area (Å²) in [4.78, 5) is 19.2. The largest absolute Gasteiger partial charge is 0.378 e. The van der Waals surface area contributed by atoms with Crippen molar-refractivity contribution in [1.29, 1.82) is 0 Å². The van der Waals surface area contributed by atoms with Crippen LogP contribution in [0.5, 0.6) is 0 Å². The number of nitrogens with one attached hydrogen (secondary N) is 1. The molecule has 1 amide bonds. The molecule has 0 aliphatic rings. The fourth-order valence-corrected chi connectivity index (χ4v) is 2.68. The van der Waals surface area contributed by atoms with E-state index in [1.54, 1.807) is 30.5 Å². The fraction of sp³-hybridized carbons (Fsp3) is 0.150. The number of halogens is 3. The Kier molecular flexibility index (Phi) is 5.21. The summed E-state index contributed by atoms with van der Waals surface area (Å²) in [7, 11) is 3.78. The number of benzene rings is 2. The molecule has 0 radical (unpaired) electrons. The Morgan fingerprint density at radius 1 is 0.963 bits per heavy atom. The highest BCUT2D eigenvalue weighted by atomic mass is 19.2. The lowest BCUT2D eigenvalue weighted by Gasteiger charge is -2.23. The van der Waals surface area contributed by atoms with Gasteiger partial charge in [-0.15, -0.1) is 0 Å². The van der Waals surface area contributed by atoms with Crippen molar-refractivity contribution in [1.82, 2.24) is 4.98 Å². The number of hydrogen-bond acceptors (Lipinski definition) is 2. The summed E-state index contributed by atoms with van der Waals surface area (Å²) in [6.45, 7) is 0.160. The first-order valence-corrected chi connectivity index (χ1v) is 8.23. The SMILES string of the molecule is CN(C)c1ccc(N(Cc2ccc[nH]2)C(=O)c2cc(F)c(F)c(F)c2)cc1. The van der Waals surface area contributed by atoms with Crippen LogP contribution < -0.4 is 9.80 Å². The number of amides is 1. The summed E-state index contributed by atoms with van der Waals surface area (Å²) in [5.41, 5.74) is 1.95. The highest BCUT2D eigenvalue weighted by Crippen LogP contribution is 2.24. The molecule has 0 unspecified atom stereocenters. The maximum atomic E-state index is 13.6. The number of aromatic amines is 1. The van der Waals surface area contributed by atoms with Crippen LogP contribution in [-0.4, -0.2) is 25.0 Å². The van der Waals surface area contributed by atoms with Gasteiger partial charge in [0.25, 0.3) is 5.91 Å². The topological polar surface area (TPSA) is 39.3 Å². The van der Waals surface area contributed by atoms with Crippen molar-refractivity contribution in [2.75, 3.05) is 23.9 Å². The van der Waals surface area contributed by atoms with Crippen LogP contribution in [0.2, 0.25) is 0 Å². The molecular weight excluding hydrogens is 355 g/mol. The van der Waals surface area contributed by atoms with Gasteiger partial charge in [0.2, 0.25) is 0 Å². The number of nitrogens with zero attached hydrogens (tertiary/aromatic N) is 2. The lowest BCUT2D eigenvalue weighted by Crippen LogP contribution is -2.31. The highest BCUT2D eigenvalue weighted by Gasteiger charge is 2.22. The number of carbonyl (C=O) groups is 1. The van der Waals surface area contributed by atoms with Gasteiger partial charge in [-0.25, -0.2) is 13.2 Å². The number of hydrogen-bond donors (Lipinski definition) is 1. The summed E-state index contributed by atoms with van der Waals surface area (Å²) in [5, 5.41) is 0. The van der Waals surface area contributed by atoms with E-state index in [1.807, 2.05) is 31.1 Å². The van der Waals surface area contributed by atoms with Crippen LogP contribution in [0.3, 0.4) is 0 Å². The molecule has 1 aromatic heterocycles. The van der Waals surface area contributed by atoms with E-state index >= 15 is 0 Å². The molecule has 2 aromatic carbocycles. The Labute approximate surface area is 154 Å². The molecule has 1 heterocycles. The molecule has 0 fully saturated rings. The average Bonchev–Trinajstić information content (AvgIpc) is 3.16. The average molecular weight is 373 g/mol. The van der Waals surface area contributed by atoms with E-state index in [9.17, 15) is 18.0 Å². The molecule has 4 nitrogen and oxygen atoms in total. The van der Waals surface area contributed by atoms with Crippen LogP contribution >= 0.6 is 0 Å². The van der Waals surface area contributed by atoms with E-state index in [4.69, 9.17) is 0 Å². The maximum Gasteiger partial charge on any atom is 0.258 e. The Hall–Kier alpha value is -3.22. The van der Waals surface area contributed by atoms with Gasteiger partial charge in [-0.2, -0.15) is 0 Å². The Morgan fingerprint density at radius 2 is 1.56 bits per heavy atom. The Bertz CT molecular complexity index is 915. The minimum atomic E-state index is -1.60. The molecule has 140 valence electrons. The van der Waals surface area contributed by atoms with Crippen molar-refractivity contribution in [2.24, 2.45) is 0 Å². The van der Waals surface area contributed by atoms with E-state index in [-0.39, 0.29) is 12.1 Å². The molecule has 0 atom stereocenters. The van der Waals surface area contributed by atoms with E-state index in [1.165, 1.54) is 4.90 Å². The third-order valence-corrected chi connectivity index (χ3v) is 4.14. The summed E-state index contributed by atoms with van der Waals surface area (Å²) in [5.74, 6) is -5.04. The predicted octanol–water partition coefficient (Wildman–Crippen LogP) is 4.35. The molecule has 7 heteroatoms. The van der Waals surface area contributed by atoms with Gasteiger partial charge < -0.3 is 14.8 Å². The van der Waals surface area contributed by atoms with Crippen molar-refractivity contribution in [3.63, 3.8) is 0 Å². The predicted molar refractivity (Wildman–Crippen MR) is 98.4 cm³/mol. The van der Waals surface area contributed by atoms with Crippen LogP contribution in [0, 0.1) is 17.5 Å². The number of carbonyl (C=O) groups excluding carboxylic acids is 1. The number of aromatic nitrogens is 1. The molecular formula is C20H18F3N3O. The van der Waals surface area contributed by atoms with Gasteiger partial charge in [-0.3, -0.25) is 4.79 Å². The standard InChI is InChI=1S/C20H18F3N3O/c1-25(2)15-5-7-16(8-6-15)26(12-14-4-3-9-24-14)20(27)13-10-17(21)19(23)18(22)11-13/h3-11,24H,12H2,1-2H3. The zero-order valence-electron chi connectivity index (χ0n) is 14.8. The van der Waals surface area contributed by atoms with Crippen molar-refractivity contribution >= 4 is 17.3 Å². The van der Waals surface area contributed by atoms with Gasteiger partial charge in [0, 0.05) is 42.9 Å². The van der Waals surface area contributed by atoms with Gasteiger partial charge in [0.05, 0.1) is 6.54 Å². The van der Waals surface area contributed by atoms with Gasteiger partial charge in [0.1, 0.15) is 0 Å². The van der Waals surface area contributed by atoms with E-state index in [0.717, 1.165) is 11.4 Å². The van der Waals surface area contributed by atoms with Gasteiger partial charge in [-0.1, -0.05) is 0 Å². The van der Waals surface area contributed by atoms with Gasteiger partial charge in [-0.05, 0) is 48.5 Å². The Morgan fingerprint density at radius 3 is 2.07 bits per heavy atom. The van der Waals surface area contributed by atoms with Crippen LogP contribution in [0.4, 0.5) is 24.5 Å². The summed E-state index contributed by atoms with van der Waals surface area (Å²) in [6, 6.07) is 12.1. The van der Waals surface area contributed by atoms with Gasteiger partial charge >= 0.3 is 0 Å². The number of anilines is 2. The monoisotopic (exact) mass is 373 g/mol. The van der Waals surface area contributed by atoms with E-state index in [2.05, 4.69) is 4.98 Å². The first-order chi connectivity index (χ1) is 12.9.